The van der Waals surface area contributed by atoms with E-state index in [1.54, 1.807) is 17.0 Å². The molecule has 1 saturated heterocycles. The van der Waals surface area contributed by atoms with Crippen molar-refractivity contribution in [3.8, 4) is 5.75 Å². The first kappa shape index (κ1) is 17.5. The van der Waals surface area contributed by atoms with Crippen molar-refractivity contribution in [3.63, 3.8) is 0 Å². The van der Waals surface area contributed by atoms with Crippen molar-refractivity contribution in [1.82, 2.24) is 5.16 Å². The molecule has 132 valence electrons. The predicted octanol–water partition coefficient (Wildman–Crippen LogP) is 3.26. The highest BCUT2D eigenvalue weighted by Gasteiger charge is 2.21. The van der Waals surface area contributed by atoms with Crippen molar-refractivity contribution in [2.75, 3.05) is 17.2 Å². The maximum Gasteiger partial charge on any atom is 0.321 e. The molecule has 0 radical (unpaired) electrons. The molecule has 0 unspecified atom stereocenters. The smallest absolute Gasteiger partial charge is 0.321 e. The van der Waals surface area contributed by atoms with Gasteiger partial charge in [0.05, 0.1) is 11.4 Å². The average Bonchev–Trinajstić information content (AvgIpc) is 3.15. The summed E-state index contributed by atoms with van der Waals surface area (Å²) in [6, 6.07) is 7.06. The summed E-state index contributed by atoms with van der Waals surface area (Å²) < 4.78 is 10.4. The van der Waals surface area contributed by atoms with Crippen LogP contribution in [0.4, 0.5) is 5.69 Å². The van der Waals surface area contributed by atoms with E-state index in [2.05, 4.69) is 5.16 Å². The molecule has 1 aromatic carbocycles. The molecule has 1 amide bonds. The number of carbonyl (C=O) groups is 2. The Hall–Kier alpha value is -2.28. The molecule has 0 aliphatic carbocycles. The summed E-state index contributed by atoms with van der Waals surface area (Å²) in [4.78, 5) is 25.4. The van der Waals surface area contributed by atoms with Gasteiger partial charge in [0, 0.05) is 30.0 Å². The van der Waals surface area contributed by atoms with Gasteiger partial charge in [0.25, 0.3) is 0 Å². The number of anilines is 1. The molecule has 1 fully saturated rings. The third kappa shape index (κ3) is 4.22. The van der Waals surface area contributed by atoms with Gasteiger partial charge < -0.3 is 14.2 Å². The van der Waals surface area contributed by atoms with E-state index in [4.69, 9.17) is 9.26 Å². The molecule has 1 aromatic heterocycles. The minimum Gasteiger partial charge on any atom is -0.426 e. The van der Waals surface area contributed by atoms with E-state index in [0.29, 0.717) is 17.9 Å². The van der Waals surface area contributed by atoms with E-state index in [-0.39, 0.29) is 17.6 Å². The van der Waals surface area contributed by atoms with Gasteiger partial charge in [0.15, 0.2) is 0 Å². The highest BCUT2D eigenvalue weighted by molar-refractivity contribution is 7.99. The number of benzene rings is 1. The third-order valence-corrected chi connectivity index (χ3v) is 5.03. The molecule has 25 heavy (non-hydrogen) atoms. The van der Waals surface area contributed by atoms with Crippen LogP contribution in [-0.2, 0) is 15.3 Å². The summed E-state index contributed by atoms with van der Waals surface area (Å²) in [5.74, 6) is 2.01. The van der Waals surface area contributed by atoms with Gasteiger partial charge >= 0.3 is 5.97 Å². The number of amides is 1. The minimum absolute atomic E-state index is 0.139. The zero-order chi connectivity index (χ0) is 17.8. The number of nitrogens with zero attached hydrogens (tertiary/aromatic N) is 2. The molecule has 3 rings (SSSR count). The number of hydrogen-bond donors (Lipinski definition) is 0. The number of hydrogen-bond acceptors (Lipinski definition) is 6. The van der Waals surface area contributed by atoms with Crippen LogP contribution in [0.5, 0.6) is 5.75 Å². The molecular weight excluding hydrogens is 340 g/mol. The summed E-state index contributed by atoms with van der Waals surface area (Å²) in [5.41, 5.74) is 2.72. The molecule has 2 aromatic rings. The second-order valence-electron chi connectivity index (χ2n) is 5.91. The monoisotopic (exact) mass is 360 g/mol. The Kier molecular flexibility index (Phi) is 5.43. The Balaban J connectivity index is 1.48. The van der Waals surface area contributed by atoms with Crippen LogP contribution in [0.3, 0.4) is 0 Å². The van der Waals surface area contributed by atoms with Crippen molar-refractivity contribution < 1.29 is 18.8 Å². The fourth-order valence-electron chi connectivity index (χ4n) is 2.72. The maximum absolute atomic E-state index is 12.0. The van der Waals surface area contributed by atoms with Crippen LogP contribution in [0.25, 0.3) is 0 Å². The van der Waals surface area contributed by atoms with E-state index < -0.39 is 0 Å². The van der Waals surface area contributed by atoms with Crippen molar-refractivity contribution in [1.29, 1.82) is 0 Å². The third-order valence-electron chi connectivity index (χ3n) is 4.10. The van der Waals surface area contributed by atoms with Gasteiger partial charge in [-0.2, -0.15) is 0 Å². The fourth-order valence-corrected chi connectivity index (χ4v) is 3.66. The summed E-state index contributed by atoms with van der Waals surface area (Å²) in [5, 5.41) is 3.90. The van der Waals surface area contributed by atoms with Crippen LogP contribution in [0.2, 0.25) is 0 Å². The summed E-state index contributed by atoms with van der Waals surface area (Å²) in [6.45, 7) is 4.49. The van der Waals surface area contributed by atoms with Gasteiger partial charge in [-0.05, 0) is 44.5 Å². The van der Waals surface area contributed by atoms with Gasteiger partial charge in [-0.3, -0.25) is 9.59 Å². The lowest BCUT2D eigenvalue weighted by Crippen LogP contribution is -2.23. The van der Waals surface area contributed by atoms with Gasteiger partial charge in [-0.1, -0.05) is 5.16 Å². The Morgan fingerprint density at radius 2 is 2.08 bits per heavy atom. The van der Waals surface area contributed by atoms with E-state index in [1.807, 2.05) is 26.0 Å². The lowest BCUT2D eigenvalue weighted by Gasteiger charge is -2.15. The predicted molar refractivity (Wildman–Crippen MR) is 95.8 cm³/mol. The van der Waals surface area contributed by atoms with Crippen molar-refractivity contribution in [2.24, 2.45) is 0 Å². The molecule has 1 aliphatic heterocycles. The van der Waals surface area contributed by atoms with Crippen molar-refractivity contribution >= 4 is 29.3 Å². The number of thioether (sulfide) groups is 1. The fraction of sp³-hybridized carbons (Fsp3) is 0.389. The van der Waals surface area contributed by atoms with Crippen LogP contribution in [-0.4, -0.2) is 29.3 Å². The first-order chi connectivity index (χ1) is 12.0. The molecule has 1 aliphatic rings. The van der Waals surface area contributed by atoms with Gasteiger partial charge in [-0.25, -0.2) is 0 Å². The zero-order valence-electron chi connectivity index (χ0n) is 14.3. The van der Waals surface area contributed by atoms with Gasteiger partial charge in [-0.15, -0.1) is 11.8 Å². The van der Waals surface area contributed by atoms with Gasteiger partial charge in [0.1, 0.15) is 11.5 Å². The second kappa shape index (κ2) is 7.74. The quantitative estimate of drug-likeness (QED) is 0.582. The van der Waals surface area contributed by atoms with Crippen LogP contribution in [0.15, 0.2) is 28.8 Å². The SMILES string of the molecule is Cc1noc(C)c1CSCC(=O)Oc1ccc(N2CCCC2=O)cc1. The topological polar surface area (TPSA) is 72.6 Å². The van der Waals surface area contributed by atoms with Crippen LogP contribution >= 0.6 is 11.8 Å². The van der Waals surface area contributed by atoms with Crippen molar-refractivity contribution in [2.45, 2.75) is 32.4 Å². The average molecular weight is 360 g/mol. The Labute approximate surface area is 150 Å². The molecule has 6 nitrogen and oxygen atoms in total. The minimum atomic E-state index is -0.304. The molecular formula is C18H20N2O4S. The number of aromatic nitrogens is 1. The molecule has 0 atom stereocenters. The number of carbonyl (C=O) groups excluding carboxylic acids is 2. The highest BCUT2D eigenvalue weighted by atomic mass is 32.2. The number of rotatable bonds is 6. The van der Waals surface area contributed by atoms with E-state index in [0.717, 1.165) is 35.7 Å². The van der Waals surface area contributed by atoms with Crippen LogP contribution in [0.1, 0.15) is 29.9 Å². The Morgan fingerprint density at radius 1 is 1.32 bits per heavy atom. The number of aryl methyl sites for hydroxylation is 2. The normalized spacial score (nSPS) is 14.2. The van der Waals surface area contributed by atoms with Crippen LogP contribution < -0.4 is 9.64 Å². The first-order valence-corrected chi connectivity index (χ1v) is 9.30. The maximum atomic E-state index is 12.0. The van der Waals surface area contributed by atoms with Gasteiger partial charge in [0.2, 0.25) is 5.91 Å². The Morgan fingerprint density at radius 3 is 2.68 bits per heavy atom. The zero-order valence-corrected chi connectivity index (χ0v) is 15.1. The summed E-state index contributed by atoms with van der Waals surface area (Å²) in [7, 11) is 0. The highest BCUT2D eigenvalue weighted by Crippen LogP contribution is 2.24. The molecule has 0 spiro atoms. The molecule has 0 bridgehead atoms. The van der Waals surface area contributed by atoms with E-state index in [1.165, 1.54) is 11.8 Å². The lowest BCUT2D eigenvalue weighted by atomic mass is 10.2. The standard InChI is InChI=1S/C18H20N2O4S/c1-12-16(13(2)24-19-12)10-25-11-18(22)23-15-7-5-14(6-8-15)20-9-3-4-17(20)21/h5-8H,3-4,9-11H2,1-2H3. The van der Waals surface area contributed by atoms with Crippen molar-refractivity contribution in [3.05, 3.63) is 41.3 Å². The first-order valence-electron chi connectivity index (χ1n) is 8.15. The second-order valence-corrected chi connectivity index (χ2v) is 6.90. The molecule has 0 N–H and O–H groups in total. The number of ether oxygens (including phenoxy) is 1. The van der Waals surface area contributed by atoms with E-state index >= 15 is 0 Å². The molecule has 7 heteroatoms. The van der Waals surface area contributed by atoms with E-state index in [9.17, 15) is 9.59 Å². The summed E-state index contributed by atoms with van der Waals surface area (Å²) in [6.07, 6.45) is 1.48. The molecule has 0 saturated carbocycles. The number of esters is 1. The van der Waals surface area contributed by atoms with Crippen LogP contribution in [0, 0.1) is 13.8 Å². The largest absolute Gasteiger partial charge is 0.426 e. The molecule has 2 heterocycles. The Bertz CT molecular complexity index is 750. The lowest BCUT2D eigenvalue weighted by molar-refractivity contribution is -0.131. The summed E-state index contributed by atoms with van der Waals surface area (Å²) >= 11 is 1.46.